The molecule has 2 heterocycles. The second kappa shape index (κ2) is 5.44. The zero-order valence-electron chi connectivity index (χ0n) is 13.0. The molecule has 0 spiro atoms. The van der Waals surface area contributed by atoms with E-state index in [2.05, 4.69) is 17.5 Å². The fourth-order valence-electron chi connectivity index (χ4n) is 3.47. The summed E-state index contributed by atoms with van der Waals surface area (Å²) in [5, 5.41) is 7.73. The fourth-order valence-corrected chi connectivity index (χ4v) is 3.47. The van der Waals surface area contributed by atoms with Crippen LogP contribution < -0.4 is 10.4 Å². The molecule has 6 heteroatoms. The van der Waals surface area contributed by atoms with Gasteiger partial charge in [-0.25, -0.2) is 10.4 Å². The van der Waals surface area contributed by atoms with Gasteiger partial charge in [0, 0.05) is 18.7 Å². The van der Waals surface area contributed by atoms with Crippen LogP contribution in [-0.4, -0.2) is 34.6 Å². The van der Waals surface area contributed by atoms with Gasteiger partial charge in [0.1, 0.15) is 5.92 Å². The molecule has 6 nitrogen and oxygen atoms in total. The molecule has 1 saturated heterocycles. The summed E-state index contributed by atoms with van der Waals surface area (Å²) in [7, 11) is 0. The van der Waals surface area contributed by atoms with E-state index in [0.29, 0.717) is 0 Å². The van der Waals surface area contributed by atoms with E-state index in [0.717, 1.165) is 17.8 Å². The number of para-hydroxylation sites is 1. The lowest BCUT2D eigenvalue weighted by Gasteiger charge is -2.36. The van der Waals surface area contributed by atoms with Crippen LogP contribution in [0.4, 0.5) is 5.69 Å². The van der Waals surface area contributed by atoms with Crippen molar-refractivity contribution in [2.75, 3.05) is 5.01 Å². The van der Waals surface area contributed by atoms with Gasteiger partial charge in [-0.2, -0.15) is 5.10 Å². The molecule has 0 bridgehead atoms. The Bertz CT molecular complexity index is 628. The number of nitrogens with one attached hydrogen (secondary N) is 1. The van der Waals surface area contributed by atoms with E-state index in [1.54, 1.807) is 11.9 Å². The highest BCUT2D eigenvalue weighted by Crippen LogP contribution is 2.35. The number of hydrazine groups is 1. The molecular weight excluding hydrogens is 280 g/mol. The van der Waals surface area contributed by atoms with Crippen LogP contribution >= 0.6 is 0 Å². The second-order valence-corrected chi connectivity index (χ2v) is 5.90. The molecule has 2 aliphatic heterocycles. The molecule has 1 aromatic rings. The van der Waals surface area contributed by atoms with Gasteiger partial charge >= 0.3 is 0 Å². The first kappa shape index (κ1) is 14.6. The summed E-state index contributed by atoms with van der Waals surface area (Å²) in [6.07, 6.45) is 0.736. The zero-order chi connectivity index (χ0) is 15.9. The lowest BCUT2D eigenvalue weighted by atomic mass is 9.91. The Kier molecular flexibility index (Phi) is 3.60. The minimum Gasteiger partial charge on any atom is -0.280 e. The first-order valence-corrected chi connectivity index (χ1v) is 7.48. The van der Waals surface area contributed by atoms with Crippen molar-refractivity contribution >= 4 is 23.2 Å². The number of hydrogen-bond acceptors (Lipinski definition) is 4. The first-order chi connectivity index (χ1) is 10.5. The van der Waals surface area contributed by atoms with Gasteiger partial charge in [-0.1, -0.05) is 18.2 Å². The largest absolute Gasteiger partial charge is 0.280 e. The van der Waals surface area contributed by atoms with Gasteiger partial charge in [-0.05, 0) is 32.4 Å². The van der Waals surface area contributed by atoms with Crippen molar-refractivity contribution in [3.63, 3.8) is 0 Å². The Morgan fingerprint density at radius 2 is 2.00 bits per heavy atom. The van der Waals surface area contributed by atoms with Gasteiger partial charge in [0.25, 0.3) is 5.91 Å². The minimum absolute atomic E-state index is 0.0642. The normalized spacial score (nSPS) is 27.9. The molecule has 0 aliphatic carbocycles. The SMILES string of the molecule is CC(=O)N1[C@H]([C@H]2C(=O)NN=C2C)C[C@H](C)N1c1ccccc1. The molecule has 3 rings (SSSR count). The third-order valence-electron chi connectivity index (χ3n) is 4.35. The summed E-state index contributed by atoms with van der Waals surface area (Å²) in [6.45, 7) is 5.44. The van der Waals surface area contributed by atoms with Crippen molar-refractivity contribution in [1.29, 1.82) is 0 Å². The molecule has 116 valence electrons. The highest BCUT2D eigenvalue weighted by Gasteiger charge is 2.47. The number of carbonyl (C=O) groups excluding carboxylic acids is 2. The number of amides is 2. The maximum atomic E-state index is 12.3. The van der Waals surface area contributed by atoms with Crippen molar-refractivity contribution in [3.05, 3.63) is 30.3 Å². The van der Waals surface area contributed by atoms with Crippen LogP contribution in [0.1, 0.15) is 27.2 Å². The maximum Gasteiger partial charge on any atom is 0.251 e. The molecule has 0 unspecified atom stereocenters. The quantitative estimate of drug-likeness (QED) is 0.901. The smallest absolute Gasteiger partial charge is 0.251 e. The van der Waals surface area contributed by atoms with E-state index in [1.807, 2.05) is 42.3 Å². The van der Waals surface area contributed by atoms with E-state index in [4.69, 9.17) is 0 Å². The van der Waals surface area contributed by atoms with E-state index in [9.17, 15) is 9.59 Å². The molecule has 1 N–H and O–H groups in total. The number of benzene rings is 1. The van der Waals surface area contributed by atoms with Crippen molar-refractivity contribution in [2.24, 2.45) is 11.0 Å². The fraction of sp³-hybridized carbons (Fsp3) is 0.438. The Morgan fingerprint density at radius 3 is 2.55 bits per heavy atom. The molecule has 22 heavy (non-hydrogen) atoms. The lowest BCUT2D eigenvalue weighted by molar-refractivity contribution is -0.132. The minimum atomic E-state index is -0.375. The number of hydrogen-bond donors (Lipinski definition) is 1. The Hall–Kier alpha value is -2.37. The van der Waals surface area contributed by atoms with Gasteiger partial charge < -0.3 is 0 Å². The Morgan fingerprint density at radius 1 is 1.32 bits per heavy atom. The van der Waals surface area contributed by atoms with Crippen molar-refractivity contribution < 1.29 is 9.59 Å². The lowest BCUT2D eigenvalue weighted by Crippen LogP contribution is -2.51. The van der Waals surface area contributed by atoms with Crippen molar-refractivity contribution in [2.45, 2.75) is 39.3 Å². The summed E-state index contributed by atoms with van der Waals surface area (Å²) in [6, 6.07) is 9.73. The van der Waals surface area contributed by atoms with Crippen LogP contribution in [0.2, 0.25) is 0 Å². The van der Waals surface area contributed by atoms with Crippen LogP contribution in [0.5, 0.6) is 0 Å². The molecule has 2 aliphatic rings. The molecule has 1 aromatic carbocycles. The number of nitrogens with zero attached hydrogens (tertiary/aromatic N) is 3. The van der Waals surface area contributed by atoms with Gasteiger partial charge in [0.15, 0.2) is 0 Å². The third-order valence-corrected chi connectivity index (χ3v) is 4.35. The number of rotatable bonds is 2. The predicted molar refractivity (Wildman–Crippen MR) is 84.0 cm³/mol. The summed E-state index contributed by atoms with van der Waals surface area (Å²) in [5.74, 6) is -0.568. The van der Waals surface area contributed by atoms with Gasteiger partial charge in [-0.3, -0.25) is 14.6 Å². The molecular formula is C16H20N4O2. The highest BCUT2D eigenvalue weighted by atomic mass is 16.2. The van der Waals surface area contributed by atoms with E-state index < -0.39 is 0 Å². The molecule has 0 saturated carbocycles. The van der Waals surface area contributed by atoms with Crippen LogP contribution in [0.3, 0.4) is 0 Å². The average Bonchev–Trinajstić information content (AvgIpc) is 2.99. The summed E-state index contributed by atoms with van der Waals surface area (Å²) < 4.78 is 0. The van der Waals surface area contributed by atoms with E-state index in [-0.39, 0.29) is 29.8 Å². The predicted octanol–water partition coefficient (Wildman–Crippen LogP) is 1.54. The summed E-state index contributed by atoms with van der Waals surface area (Å²) in [4.78, 5) is 24.4. The molecule has 0 aromatic heterocycles. The first-order valence-electron chi connectivity index (χ1n) is 7.48. The van der Waals surface area contributed by atoms with Crippen LogP contribution in [-0.2, 0) is 9.59 Å². The van der Waals surface area contributed by atoms with Gasteiger partial charge in [0.05, 0.1) is 11.7 Å². The van der Waals surface area contributed by atoms with Crippen LogP contribution in [0, 0.1) is 5.92 Å². The Balaban J connectivity index is 1.98. The molecule has 0 radical (unpaired) electrons. The molecule has 3 atom stereocenters. The van der Waals surface area contributed by atoms with Crippen molar-refractivity contribution in [3.8, 4) is 0 Å². The molecule has 1 fully saturated rings. The van der Waals surface area contributed by atoms with Crippen LogP contribution in [0.15, 0.2) is 35.4 Å². The van der Waals surface area contributed by atoms with Gasteiger partial charge in [-0.15, -0.1) is 0 Å². The Labute approximate surface area is 129 Å². The number of hydrazone groups is 1. The highest BCUT2D eigenvalue weighted by molar-refractivity contribution is 6.08. The van der Waals surface area contributed by atoms with Gasteiger partial charge in [0.2, 0.25) is 5.91 Å². The zero-order valence-corrected chi connectivity index (χ0v) is 13.0. The summed E-state index contributed by atoms with van der Waals surface area (Å²) >= 11 is 0. The van der Waals surface area contributed by atoms with E-state index >= 15 is 0 Å². The standard InChI is InChI=1S/C16H20N4O2/c1-10-9-14(15-11(2)17-18-16(15)22)20(12(3)21)19(10)13-7-5-4-6-8-13/h4-8,10,14-15H,9H2,1-3H3,(H,18,22)/t10-,14-,15-/m0/s1. The third kappa shape index (κ3) is 2.24. The monoisotopic (exact) mass is 300 g/mol. The topological polar surface area (TPSA) is 65.0 Å². The summed E-state index contributed by atoms with van der Waals surface area (Å²) in [5.41, 5.74) is 4.22. The average molecular weight is 300 g/mol. The maximum absolute atomic E-state index is 12.3. The van der Waals surface area contributed by atoms with Crippen molar-refractivity contribution in [1.82, 2.24) is 10.4 Å². The van der Waals surface area contributed by atoms with E-state index in [1.165, 1.54) is 0 Å². The number of anilines is 1. The number of carbonyl (C=O) groups is 2. The molecule has 2 amide bonds. The van der Waals surface area contributed by atoms with Crippen LogP contribution in [0.25, 0.3) is 0 Å². The second-order valence-electron chi connectivity index (χ2n) is 5.90.